The van der Waals surface area contributed by atoms with E-state index in [0.29, 0.717) is 18.3 Å². The van der Waals surface area contributed by atoms with Crippen molar-refractivity contribution in [1.82, 2.24) is 5.32 Å². The quantitative estimate of drug-likeness (QED) is 0.832. The highest BCUT2D eigenvalue weighted by molar-refractivity contribution is 5.37. The molecule has 0 aliphatic carbocycles. The second-order valence-corrected chi connectivity index (χ2v) is 5.70. The number of rotatable bonds is 7. The molecule has 3 nitrogen and oxygen atoms in total. The summed E-state index contributed by atoms with van der Waals surface area (Å²) in [5.41, 5.74) is 0.899. The Morgan fingerprint density at radius 2 is 2.14 bits per heavy atom. The Hall–Kier alpha value is -1.13. The van der Waals surface area contributed by atoms with Gasteiger partial charge in [-0.2, -0.15) is 0 Å². The third-order valence-electron chi connectivity index (χ3n) is 3.97. The second-order valence-electron chi connectivity index (χ2n) is 5.70. The second kappa shape index (κ2) is 8.35. The average Bonchev–Trinajstić information content (AvgIpc) is 2.52. The molecule has 1 aliphatic rings. The lowest BCUT2D eigenvalue weighted by atomic mass is 10.0. The molecule has 1 fully saturated rings. The molecule has 1 N–H and O–H groups in total. The van der Waals surface area contributed by atoms with Crippen LogP contribution in [-0.2, 0) is 4.74 Å². The molecule has 1 aromatic carbocycles. The first-order valence-corrected chi connectivity index (χ1v) is 7.94. The van der Waals surface area contributed by atoms with E-state index in [-0.39, 0.29) is 11.9 Å². The van der Waals surface area contributed by atoms with Gasteiger partial charge in [0.1, 0.15) is 0 Å². The Morgan fingerprint density at radius 3 is 2.86 bits per heavy atom. The highest BCUT2D eigenvalue weighted by atomic mass is 19.1. The smallest absolute Gasteiger partial charge is 0.165 e. The van der Waals surface area contributed by atoms with E-state index in [1.807, 2.05) is 13.0 Å². The van der Waals surface area contributed by atoms with Crippen LogP contribution in [-0.4, -0.2) is 26.4 Å². The molecule has 1 heterocycles. The van der Waals surface area contributed by atoms with Gasteiger partial charge in [-0.1, -0.05) is 19.1 Å². The molecular formula is C17H26FNO2. The molecule has 0 aromatic heterocycles. The summed E-state index contributed by atoms with van der Waals surface area (Å²) in [7, 11) is 0. The SMILES string of the molecule is CCCNC(C)c1cccc(F)c1OCC1CCOCC1. The van der Waals surface area contributed by atoms with Crippen molar-refractivity contribution in [3.63, 3.8) is 0 Å². The summed E-state index contributed by atoms with van der Waals surface area (Å²) in [6.07, 6.45) is 3.04. The molecule has 4 heteroatoms. The number of nitrogens with one attached hydrogen (secondary N) is 1. The summed E-state index contributed by atoms with van der Waals surface area (Å²) in [6, 6.07) is 5.24. The molecule has 0 saturated carbocycles. The highest BCUT2D eigenvalue weighted by Crippen LogP contribution is 2.29. The van der Waals surface area contributed by atoms with Gasteiger partial charge in [0.2, 0.25) is 0 Å². The first-order chi connectivity index (χ1) is 10.2. The monoisotopic (exact) mass is 295 g/mol. The Morgan fingerprint density at radius 1 is 1.38 bits per heavy atom. The zero-order chi connectivity index (χ0) is 15.1. The molecule has 1 atom stereocenters. The van der Waals surface area contributed by atoms with Crippen molar-refractivity contribution in [2.24, 2.45) is 5.92 Å². The van der Waals surface area contributed by atoms with Gasteiger partial charge in [0.15, 0.2) is 11.6 Å². The predicted octanol–water partition coefficient (Wildman–Crippen LogP) is 3.69. The van der Waals surface area contributed by atoms with Crippen LogP contribution in [0.5, 0.6) is 5.75 Å². The Kier molecular flexibility index (Phi) is 6.46. The standard InChI is InChI=1S/C17H26FNO2/c1-3-9-19-13(2)15-5-4-6-16(18)17(15)21-12-14-7-10-20-11-8-14/h4-6,13-14,19H,3,7-12H2,1-2H3. The fraction of sp³-hybridized carbons (Fsp3) is 0.647. The molecule has 1 unspecified atom stereocenters. The Balaban J connectivity index is 2.02. The zero-order valence-corrected chi connectivity index (χ0v) is 13.0. The number of hydrogen-bond acceptors (Lipinski definition) is 3. The van der Waals surface area contributed by atoms with Crippen LogP contribution < -0.4 is 10.1 Å². The van der Waals surface area contributed by atoms with E-state index in [2.05, 4.69) is 12.2 Å². The summed E-state index contributed by atoms with van der Waals surface area (Å²) in [5, 5.41) is 3.39. The van der Waals surface area contributed by atoms with Crippen LogP contribution in [0.2, 0.25) is 0 Å². The van der Waals surface area contributed by atoms with E-state index < -0.39 is 0 Å². The first kappa shape index (κ1) is 16.2. The van der Waals surface area contributed by atoms with E-state index in [0.717, 1.165) is 44.6 Å². The maximum atomic E-state index is 14.1. The van der Waals surface area contributed by atoms with Gasteiger partial charge >= 0.3 is 0 Å². The average molecular weight is 295 g/mol. The van der Waals surface area contributed by atoms with Crippen LogP contribution >= 0.6 is 0 Å². The van der Waals surface area contributed by atoms with Crippen molar-refractivity contribution < 1.29 is 13.9 Å². The van der Waals surface area contributed by atoms with Crippen LogP contribution in [0.3, 0.4) is 0 Å². The topological polar surface area (TPSA) is 30.5 Å². The molecule has 1 saturated heterocycles. The minimum atomic E-state index is -0.273. The summed E-state index contributed by atoms with van der Waals surface area (Å²) >= 11 is 0. The van der Waals surface area contributed by atoms with E-state index >= 15 is 0 Å². The van der Waals surface area contributed by atoms with Crippen molar-refractivity contribution in [3.8, 4) is 5.75 Å². The van der Waals surface area contributed by atoms with Crippen LogP contribution in [0.4, 0.5) is 4.39 Å². The Bertz CT molecular complexity index is 433. The molecule has 1 aromatic rings. The van der Waals surface area contributed by atoms with Gasteiger partial charge in [-0.3, -0.25) is 0 Å². The summed E-state index contributed by atoms with van der Waals surface area (Å²) in [4.78, 5) is 0. The lowest BCUT2D eigenvalue weighted by Gasteiger charge is -2.24. The van der Waals surface area contributed by atoms with Gasteiger partial charge in [-0.25, -0.2) is 4.39 Å². The highest BCUT2D eigenvalue weighted by Gasteiger charge is 2.19. The van der Waals surface area contributed by atoms with Crippen molar-refractivity contribution >= 4 is 0 Å². The maximum Gasteiger partial charge on any atom is 0.165 e. The van der Waals surface area contributed by atoms with Crippen LogP contribution in [0, 0.1) is 11.7 Å². The van der Waals surface area contributed by atoms with Gasteiger partial charge in [-0.05, 0) is 44.7 Å². The van der Waals surface area contributed by atoms with Crippen molar-refractivity contribution in [3.05, 3.63) is 29.6 Å². The maximum absolute atomic E-state index is 14.1. The normalized spacial score (nSPS) is 17.7. The number of para-hydroxylation sites is 1. The van der Waals surface area contributed by atoms with Gasteiger partial charge in [0, 0.05) is 24.8 Å². The predicted molar refractivity (Wildman–Crippen MR) is 82.1 cm³/mol. The molecular weight excluding hydrogens is 269 g/mol. The molecule has 1 aliphatic heterocycles. The molecule has 0 bridgehead atoms. The molecule has 0 radical (unpaired) electrons. The van der Waals surface area contributed by atoms with Gasteiger partial charge in [0.25, 0.3) is 0 Å². The fourth-order valence-electron chi connectivity index (χ4n) is 2.60. The van der Waals surface area contributed by atoms with Crippen molar-refractivity contribution in [1.29, 1.82) is 0 Å². The van der Waals surface area contributed by atoms with Crippen LogP contribution in [0.15, 0.2) is 18.2 Å². The molecule has 21 heavy (non-hydrogen) atoms. The minimum Gasteiger partial charge on any atom is -0.490 e. The molecule has 0 spiro atoms. The van der Waals surface area contributed by atoms with Gasteiger partial charge in [0.05, 0.1) is 6.61 Å². The summed E-state index contributed by atoms with van der Waals surface area (Å²) in [6.45, 7) is 7.22. The van der Waals surface area contributed by atoms with Crippen LogP contribution in [0.1, 0.15) is 44.7 Å². The summed E-state index contributed by atoms with van der Waals surface area (Å²) < 4.78 is 25.3. The van der Waals surface area contributed by atoms with E-state index in [1.54, 1.807) is 6.07 Å². The first-order valence-electron chi connectivity index (χ1n) is 7.94. The zero-order valence-electron chi connectivity index (χ0n) is 13.0. The third-order valence-corrected chi connectivity index (χ3v) is 3.97. The molecule has 0 amide bonds. The Labute approximate surface area is 126 Å². The van der Waals surface area contributed by atoms with E-state index in [4.69, 9.17) is 9.47 Å². The van der Waals surface area contributed by atoms with E-state index in [9.17, 15) is 4.39 Å². The lowest BCUT2D eigenvalue weighted by molar-refractivity contribution is 0.0489. The molecule has 2 rings (SSSR count). The van der Waals surface area contributed by atoms with Crippen molar-refractivity contribution in [2.75, 3.05) is 26.4 Å². The van der Waals surface area contributed by atoms with Crippen molar-refractivity contribution in [2.45, 2.75) is 39.2 Å². The number of ether oxygens (including phenoxy) is 2. The number of benzene rings is 1. The van der Waals surface area contributed by atoms with Gasteiger partial charge < -0.3 is 14.8 Å². The third kappa shape index (κ3) is 4.68. The summed E-state index contributed by atoms with van der Waals surface area (Å²) in [5.74, 6) is 0.593. The minimum absolute atomic E-state index is 0.0883. The largest absolute Gasteiger partial charge is 0.490 e. The molecule has 118 valence electrons. The van der Waals surface area contributed by atoms with E-state index in [1.165, 1.54) is 6.07 Å². The lowest BCUT2D eigenvalue weighted by Crippen LogP contribution is -2.23. The fourth-order valence-corrected chi connectivity index (χ4v) is 2.60. The van der Waals surface area contributed by atoms with Gasteiger partial charge in [-0.15, -0.1) is 0 Å². The van der Waals surface area contributed by atoms with Crippen LogP contribution in [0.25, 0.3) is 0 Å². The number of halogens is 1. The number of hydrogen-bond donors (Lipinski definition) is 1.